The predicted octanol–water partition coefficient (Wildman–Crippen LogP) is 1.56. The zero-order valence-corrected chi connectivity index (χ0v) is 9.63. The lowest BCUT2D eigenvalue weighted by molar-refractivity contribution is -0.120. The molecule has 1 unspecified atom stereocenters. The van der Waals surface area contributed by atoms with Gasteiger partial charge in [0.2, 0.25) is 0 Å². The quantitative estimate of drug-likeness (QED) is 0.857. The van der Waals surface area contributed by atoms with Gasteiger partial charge in [-0.25, -0.2) is 4.39 Å². The molecule has 1 atom stereocenters. The van der Waals surface area contributed by atoms with E-state index in [0.717, 1.165) is 0 Å². The van der Waals surface area contributed by atoms with Gasteiger partial charge in [0.05, 0.1) is 17.7 Å². The smallest absolute Gasteiger partial charge is 0.156 e. The van der Waals surface area contributed by atoms with E-state index >= 15 is 0 Å². The number of halogens is 2. The molecule has 3 nitrogen and oxygen atoms in total. The average Bonchev–Trinajstić information content (AvgIpc) is 2.25. The summed E-state index contributed by atoms with van der Waals surface area (Å²) in [7, 11) is 1.45. The molecule has 2 N–H and O–H groups in total. The van der Waals surface area contributed by atoms with Crippen LogP contribution in [0.4, 0.5) is 4.39 Å². The minimum absolute atomic E-state index is 0.00520. The standard InChI is InChI=1S/C11H13ClFNO2/c1-16-6-9(14)10(15)5-7-3-2-4-8(12)11(7)13/h2-4,9H,5-6,14H2,1H3. The Kier molecular flexibility index (Phi) is 4.86. The maximum absolute atomic E-state index is 13.5. The largest absolute Gasteiger partial charge is 0.383 e. The Morgan fingerprint density at radius 1 is 1.62 bits per heavy atom. The van der Waals surface area contributed by atoms with Crippen molar-refractivity contribution in [1.29, 1.82) is 0 Å². The third kappa shape index (κ3) is 3.27. The van der Waals surface area contributed by atoms with E-state index in [0.29, 0.717) is 0 Å². The van der Waals surface area contributed by atoms with Crippen molar-refractivity contribution >= 4 is 17.4 Å². The molecule has 0 radical (unpaired) electrons. The van der Waals surface area contributed by atoms with Gasteiger partial charge < -0.3 is 10.5 Å². The molecular weight excluding hydrogens is 233 g/mol. The highest BCUT2D eigenvalue weighted by Gasteiger charge is 2.16. The molecule has 0 saturated carbocycles. The average molecular weight is 246 g/mol. The third-order valence-corrected chi connectivity index (χ3v) is 2.45. The Morgan fingerprint density at radius 2 is 2.31 bits per heavy atom. The number of benzene rings is 1. The SMILES string of the molecule is COCC(N)C(=O)Cc1cccc(Cl)c1F. The summed E-state index contributed by atoms with van der Waals surface area (Å²) in [4.78, 5) is 11.6. The van der Waals surface area contributed by atoms with Crippen molar-refractivity contribution < 1.29 is 13.9 Å². The second kappa shape index (κ2) is 5.94. The number of carbonyl (C=O) groups excluding carboxylic acids is 1. The number of ether oxygens (including phenoxy) is 1. The van der Waals surface area contributed by atoms with Crippen LogP contribution in [0.1, 0.15) is 5.56 Å². The molecule has 0 aliphatic rings. The summed E-state index contributed by atoms with van der Waals surface area (Å²) >= 11 is 5.60. The van der Waals surface area contributed by atoms with E-state index in [1.165, 1.54) is 19.2 Å². The van der Waals surface area contributed by atoms with E-state index in [-0.39, 0.29) is 29.4 Å². The first kappa shape index (κ1) is 13.1. The van der Waals surface area contributed by atoms with Crippen molar-refractivity contribution in [3.8, 4) is 0 Å². The zero-order chi connectivity index (χ0) is 12.1. The number of nitrogens with two attached hydrogens (primary N) is 1. The second-order valence-electron chi connectivity index (χ2n) is 3.42. The highest BCUT2D eigenvalue weighted by Crippen LogP contribution is 2.18. The molecule has 88 valence electrons. The summed E-state index contributed by atoms with van der Waals surface area (Å²) in [6.45, 7) is 0.126. The van der Waals surface area contributed by atoms with Gasteiger partial charge in [-0.2, -0.15) is 0 Å². The molecule has 0 aliphatic heterocycles. The maximum atomic E-state index is 13.5. The number of hydrogen-bond acceptors (Lipinski definition) is 3. The van der Waals surface area contributed by atoms with E-state index in [4.69, 9.17) is 22.1 Å². The van der Waals surface area contributed by atoms with Crippen molar-refractivity contribution in [2.45, 2.75) is 12.5 Å². The second-order valence-corrected chi connectivity index (χ2v) is 3.83. The fourth-order valence-electron chi connectivity index (χ4n) is 1.28. The molecule has 0 saturated heterocycles. The van der Waals surface area contributed by atoms with Crippen molar-refractivity contribution in [3.05, 3.63) is 34.6 Å². The fourth-order valence-corrected chi connectivity index (χ4v) is 1.47. The van der Waals surface area contributed by atoms with Crippen molar-refractivity contribution in [3.63, 3.8) is 0 Å². The van der Waals surface area contributed by atoms with Gasteiger partial charge in [-0.05, 0) is 11.6 Å². The predicted molar refractivity (Wildman–Crippen MR) is 60.0 cm³/mol. The summed E-state index contributed by atoms with van der Waals surface area (Å²) in [5.74, 6) is -0.842. The molecule has 0 aromatic heterocycles. The van der Waals surface area contributed by atoms with Crippen LogP contribution < -0.4 is 5.73 Å². The number of hydrogen-bond donors (Lipinski definition) is 1. The molecule has 1 aromatic rings. The Bertz CT molecular complexity index is 384. The molecule has 1 aromatic carbocycles. The fraction of sp³-hybridized carbons (Fsp3) is 0.364. The lowest BCUT2D eigenvalue weighted by Gasteiger charge is -2.09. The number of Topliss-reactive ketones (excluding diaryl/α,β-unsaturated/α-hetero) is 1. The van der Waals surface area contributed by atoms with Crippen molar-refractivity contribution in [1.82, 2.24) is 0 Å². The Morgan fingerprint density at radius 3 is 2.94 bits per heavy atom. The molecule has 0 spiro atoms. The van der Waals surface area contributed by atoms with E-state index in [1.807, 2.05) is 0 Å². The molecule has 0 heterocycles. The number of methoxy groups -OCH3 is 1. The molecule has 0 fully saturated rings. The van der Waals surface area contributed by atoms with Crippen LogP contribution in [-0.4, -0.2) is 25.5 Å². The summed E-state index contributed by atoms with van der Waals surface area (Å²) in [5, 5.41) is 0.00520. The van der Waals surface area contributed by atoms with Crippen LogP contribution >= 0.6 is 11.6 Å². The van der Waals surface area contributed by atoms with Gasteiger partial charge in [-0.15, -0.1) is 0 Å². The van der Waals surface area contributed by atoms with Crippen LogP contribution in [0.15, 0.2) is 18.2 Å². The highest BCUT2D eigenvalue weighted by atomic mass is 35.5. The lowest BCUT2D eigenvalue weighted by atomic mass is 10.0. The third-order valence-electron chi connectivity index (χ3n) is 2.16. The molecule has 1 rings (SSSR count). The minimum Gasteiger partial charge on any atom is -0.383 e. The van der Waals surface area contributed by atoms with Gasteiger partial charge in [0.25, 0.3) is 0 Å². The summed E-state index contributed by atoms with van der Waals surface area (Å²) in [6.07, 6.45) is -0.0725. The van der Waals surface area contributed by atoms with Crippen molar-refractivity contribution in [2.75, 3.05) is 13.7 Å². The van der Waals surface area contributed by atoms with Gasteiger partial charge in [0.1, 0.15) is 5.82 Å². The van der Waals surface area contributed by atoms with Crippen LogP contribution in [0.3, 0.4) is 0 Å². The number of rotatable bonds is 5. The lowest BCUT2D eigenvalue weighted by Crippen LogP contribution is -2.36. The van der Waals surface area contributed by atoms with Gasteiger partial charge in [-0.1, -0.05) is 23.7 Å². The Hall–Kier alpha value is -0.970. The van der Waals surface area contributed by atoms with E-state index < -0.39 is 11.9 Å². The maximum Gasteiger partial charge on any atom is 0.156 e. The summed E-state index contributed by atoms with van der Waals surface area (Å²) < 4.78 is 18.2. The Labute approximate surface area is 98.3 Å². The Balaban J connectivity index is 2.73. The van der Waals surface area contributed by atoms with Gasteiger partial charge >= 0.3 is 0 Å². The monoisotopic (exact) mass is 245 g/mol. The molecule has 0 amide bonds. The molecule has 0 bridgehead atoms. The van der Waals surface area contributed by atoms with Crippen molar-refractivity contribution in [2.24, 2.45) is 5.73 Å². The first-order valence-corrected chi connectivity index (χ1v) is 5.14. The van der Waals surface area contributed by atoms with Crippen LogP contribution in [0.25, 0.3) is 0 Å². The van der Waals surface area contributed by atoms with Crippen LogP contribution in [0, 0.1) is 5.82 Å². The number of carbonyl (C=O) groups is 1. The summed E-state index contributed by atoms with van der Waals surface area (Å²) in [5.41, 5.74) is 5.79. The summed E-state index contributed by atoms with van der Waals surface area (Å²) in [6, 6.07) is 3.80. The highest BCUT2D eigenvalue weighted by molar-refractivity contribution is 6.30. The van der Waals surface area contributed by atoms with E-state index in [1.54, 1.807) is 6.07 Å². The van der Waals surface area contributed by atoms with Gasteiger partial charge in [0.15, 0.2) is 5.78 Å². The first-order chi connectivity index (χ1) is 7.56. The molecule has 0 aliphatic carbocycles. The van der Waals surface area contributed by atoms with E-state index in [9.17, 15) is 9.18 Å². The van der Waals surface area contributed by atoms with E-state index in [2.05, 4.69) is 0 Å². The molecule has 16 heavy (non-hydrogen) atoms. The van der Waals surface area contributed by atoms with Crippen LogP contribution in [0.5, 0.6) is 0 Å². The normalized spacial score (nSPS) is 12.5. The minimum atomic E-state index is -0.733. The van der Waals surface area contributed by atoms with Gasteiger partial charge in [-0.3, -0.25) is 4.79 Å². The molecular formula is C11H13ClFNO2. The van der Waals surface area contributed by atoms with Gasteiger partial charge in [0, 0.05) is 13.5 Å². The van der Waals surface area contributed by atoms with Crippen LogP contribution in [0.2, 0.25) is 5.02 Å². The topological polar surface area (TPSA) is 52.3 Å². The molecule has 5 heteroatoms. The zero-order valence-electron chi connectivity index (χ0n) is 8.87. The number of ketones is 1. The first-order valence-electron chi connectivity index (χ1n) is 4.76. The van der Waals surface area contributed by atoms with Crippen LogP contribution in [-0.2, 0) is 16.0 Å².